The van der Waals surface area contributed by atoms with Gasteiger partial charge in [0.1, 0.15) is 5.75 Å². The van der Waals surface area contributed by atoms with Crippen LogP contribution in [-0.4, -0.2) is 52.1 Å². The predicted molar refractivity (Wildman–Crippen MR) is 112 cm³/mol. The number of Topliss-reactive ketones (excluding diaryl/α,β-unsaturated/α-hetero) is 1. The lowest BCUT2D eigenvalue weighted by molar-refractivity contribution is 0.101. The molecule has 9 heteroatoms. The van der Waals surface area contributed by atoms with E-state index in [4.69, 9.17) is 14.2 Å². The summed E-state index contributed by atoms with van der Waals surface area (Å²) in [6, 6.07) is 9.55. The minimum Gasteiger partial charge on any atom is -0.496 e. The van der Waals surface area contributed by atoms with Crippen LogP contribution in [-0.2, 0) is 10.0 Å². The number of methoxy groups -OCH3 is 3. The van der Waals surface area contributed by atoms with Crippen LogP contribution in [0, 0.1) is 0 Å². The van der Waals surface area contributed by atoms with Crippen LogP contribution in [0.1, 0.15) is 28.2 Å². The summed E-state index contributed by atoms with van der Waals surface area (Å²) >= 11 is 1.50. The first kappa shape index (κ1) is 21.5. The molecule has 1 unspecified atom stereocenters. The van der Waals surface area contributed by atoms with Crippen molar-refractivity contribution < 1.29 is 27.4 Å². The monoisotopic (exact) mass is 437 g/mol. The lowest BCUT2D eigenvalue weighted by atomic mass is 10.1. The van der Waals surface area contributed by atoms with Gasteiger partial charge in [0, 0.05) is 29.5 Å². The van der Waals surface area contributed by atoms with Crippen LogP contribution in [0.15, 0.2) is 41.3 Å². The fourth-order valence-electron chi connectivity index (χ4n) is 3.20. The maximum absolute atomic E-state index is 13.4. The molecular formula is C20H23NO6S2. The summed E-state index contributed by atoms with van der Waals surface area (Å²) in [5.41, 5.74) is 1.04. The summed E-state index contributed by atoms with van der Waals surface area (Å²) in [6.07, 6.45) is 0. The Morgan fingerprint density at radius 1 is 1.03 bits per heavy atom. The molecule has 7 nitrogen and oxygen atoms in total. The van der Waals surface area contributed by atoms with E-state index in [2.05, 4.69) is 0 Å². The lowest BCUT2D eigenvalue weighted by Crippen LogP contribution is -2.31. The van der Waals surface area contributed by atoms with Crippen molar-refractivity contribution in [3.63, 3.8) is 0 Å². The molecule has 0 amide bonds. The average Bonchev–Trinajstić information content (AvgIpc) is 3.23. The Morgan fingerprint density at radius 2 is 1.69 bits per heavy atom. The normalized spacial score (nSPS) is 17.2. The van der Waals surface area contributed by atoms with E-state index in [0.29, 0.717) is 40.7 Å². The zero-order valence-electron chi connectivity index (χ0n) is 16.7. The zero-order valence-corrected chi connectivity index (χ0v) is 18.3. The molecule has 0 saturated carbocycles. The van der Waals surface area contributed by atoms with Gasteiger partial charge in [0.05, 0.1) is 31.6 Å². The predicted octanol–water partition coefficient (Wildman–Crippen LogP) is 3.35. The molecule has 0 radical (unpaired) electrons. The Balaban J connectivity index is 2.06. The molecule has 156 valence electrons. The van der Waals surface area contributed by atoms with Crippen LogP contribution in [0.4, 0.5) is 0 Å². The van der Waals surface area contributed by atoms with Gasteiger partial charge in [-0.15, -0.1) is 11.8 Å². The van der Waals surface area contributed by atoms with Crippen molar-refractivity contribution in [2.75, 3.05) is 33.6 Å². The molecule has 1 aliphatic heterocycles. The molecule has 1 heterocycles. The van der Waals surface area contributed by atoms with Gasteiger partial charge in [0.2, 0.25) is 10.0 Å². The van der Waals surface area contributed by atoms with Gasteiger partial charge < -0.3 is 14.2 Å². The number of ether oxygens (including phenoxy) is 3. The molecule has 2 aromatic rings. The highest BCUT2D eigenvalue weighted by molar-refractivity contribution is 8.01. The van der Waals surface area contributed by atoms with Gasteiger partial charge in [-0.05, 0) is 25.1 Å². The van der Waals surface area contributed by atoms with Crippen molar-refractivity contribution in [3.8, 4) is 17.2 Å². The average molecular weight is 438 g/mol. The largest absolute Gasteiger partial charge is 0.496 e. The molecule has 29 heavy (non-hydrogen) atoms. The summed E-state index contributed by atoms with van der Waals surface area (Å²) < 4.78 is 44.4. The summed E-state index contributed by atoms with van der Waals surface area (Å²) in [5.74, 6) is 1.95. The number of carbonyl (C=O) groups is 1. The third-order valence-electron chi connectivity index (χ3n) is 4.70. The van der Waals surface area contributed by atoms with Gasteiger partial charge in [0.15, 0.2) is 17.3 Å². The van der Waals surface area contributed by atoms with Gasteiger partial charge in [-0.2, -0.15) is 4.31 Å². The first-order valence-electron chi connectivity index (χ1n) is 8.87. The molecule has 0 aromatic heterocycles. The molecule has 1 aliphatic rings. The minimum atomic E-state index is -3.82. The van der Waals surface area contributed by atoms with Gasteiger partial charge in [-0.3, -0.25) is 4.79 Å². The van der Waals surface area contributed by atoms with E-state index >= 15 is 0 Å². The number of hydrogen-bond acceptors (Lipinski definition) is 7. The minimum absolute atomic E-state index is 0.0946. The Labute approximate surface area is 175 Å². The van der Waals surface area contributed by atoms with Crippen molar-refractivity contribution in [2.45, 2.75) is 17.2 Å². The lowest BCUT2D eigenvalue weighted by Gasteiger charge is -2.26. The molecule has 1 fully saturated rings. The summed E-state index contributed by atoms with van der Waals surface area (Å²) in [7, 11) is 0.761. The second-order valence-electron chi connectivity index (χ2n) is 6.37. The Morgan fingerprint density at radius 3 is 2.31 bits per heavy atom. The third-order valence-corrected chi connectivity index (χ3v) is 7.93. The molecule has 1 saturated heterocycles. The smallest absolute Gasteiger partial charge is 0.244 e. The quantitative estimate of drug-likeness (QED) is 0.614. The molecular weight excluding hydrogens is 414 g/mol. The number of benzene rings is 2. The van der Waals surface area contributed by atoms with Gasteiger partial charge in [-0.25, -0.2) is 8.42 Å². The number of ketones is 1. The van der Waals surface area contributed by atoms with Crippen LogP contribution < -0.4 is 14.2 Å². The van der Waals surface area contributed by atoms with Crippen molar-refractivity contribution in [1.82, 2.24) is 4.31 Å². The van der Waals surface area contributed by atoms with Gasteiger partial charge >= 0.3 is 0 Å². The first-order valence-corrected chi connectivity index (χ1v) is 11.4. The SMILES string of the molecule is COc1cc(OC)c(C2SCCN2S(=O)(=O)c2cccc(C(C)=O)c2)cc1OC. The summed E-state index contributed by atoms with van der Waals surface area (Å²) in [6.45, 7) is 1.76. The zero-order chi connectivity index (χ0) is 21.2. The number of carbonyl (C=O) groups excluding carboxylic acids is 1. The van der Waals surface area contributed by atoms with Crippen LogP contribution in [0.25, 0.3) is 0 Å². The second kappa shape index (κ2) is 8.64. The highest BCUT2D eigenvalue weighted by Crippen LogP contribution is 2.47. The van der Waals surface area contributed by atoms with E-state index in [-0.39, 0.29) is 10.7 Å². The van der Waals surface area contributed by atoms with Crippen LogP contribution in [0.3, 0.4) is 0 Å². The second-order valence-corrected chi connectivity index (χ2v) is 9.45. The molecule has 3 rings (SSSR count). The van der Waals surface area contributed by atoms with Crippen LogP contribution in [0.2, 0.25) is 0 Å². The fraction of sp³-hybridized carbons (Fsp3) is 0.350. The van der Waals surface area contributed by atoms with Crippen LogP contribution >= 0.6 is 11.8 Å². The topological polar surface area (TPSA) is 82.1 Å². The number of nitrogens with zero attached hydrogens (tertiary/aromatic N) is 1. The maximum Gasteiger partial charge on any atom is 0.244 e. The van der Waals surface area contributed by atoms with Crippen molar-refractivity contribution in [3.05, 3.63) is 47.5 Å². The number of rotatable bonds is 7. The molecule has 0 N–H and O–H groups in total. The number of thioether (sulfide) groups is 1. The van der Waals surface area contributed by atoms with E-state index in [1.807, 2.05) is 0 Å². The molecule has 2 aromatic carbocycles. The van der Waals surface area contributed by atoms with E-state index in [1.165, 1.54) is 56.5 Å². The van der Waals surface area contributed by atoms with Gasteiger partial charge in [0.25, 0.3) is 0 Å². The van der Waals surface area contributed by atoms with E-state index < -0.39 is 15.4 Å². The van der Waals surface area contributed by atoms with E-state index in [9.17, 15) is 13.2 Å². The Hall–Kier alpha value is -2.23. The summed E-state index contributed by atoms with van der Waals surface area (Å²) in [5, 5.41) is -0.490. The molecule has 0 bridgehead atoms. The van der Waals surface area contributed by atoms with E-state index in [0.717, 1.165) is 0 Å². The Bertz CT molecular complexity index is 1020. The highest BCUT2D eigenvalue weighted by atomic mass is 32.2. The Kier molecular flexibility index (Phi) is 6.40. The van der Waals surface area contributed by atoms with E-state index in [1.54, 1.807) is 24.3 Å². The standard InChI is InChI=1S/C20H23NO6S2/c1-13(22)14-6-5-7-15(10-14)29(23,24)21-8-9-28-20(21)16-11-18(26-3)19(27-4)12-17(16)25-2/h5-7,10-12,20H,8-9H2,1-4H3. The fourth-order valence-corrected chi connectivity index (χ4v) is 6.50. The number of sulfonamides is 1. The van der Waals surface area contributed by atoms with Crippen molar-refractivity contribution in [2.24, 2.45) is 0 Å². The van der Waals surface area contributed by atoms with Crippen molar-refractivity contribution in [1.29, 1.82) is 0 Å². The number of hydrogen-bond donors (Lipinski definition) is 0. The maximum atomic E-state index is 13.4. The molecule has 0 aliphatic carbocycles. The first-order chi connectivity index (χ1) is 13.8. The van der Waals surface area contributed by atoms with Gasteiger partial charge in [-0.1, -0.05) is 12.1 Å². The summed E-state index contributed by atoms with van der Waals surface area (Å²) in [4.78, 5) is 11.8. The highest BCUT2D eigenvalue weighted by Gasteiger charge is 2.39. The van der Waals surface area contributed by atoms with Crippen molar-refractivity contribution >= 4 is 27.6 Å². The van der Waals surface area contributed by atoms with Crippen LogP contribution in [0.5, 0.6) is 17.2 Å². The third kappa shape index (κ3) is 4.08. The molecule has 1 atom stereocenters. The molecule has 0 spiro atoms.